The molecule has 6 aromatic carbocycles. The molecule has 0 radical (unpaired) electrons. The van der Waals surface area contributed by atoms with Crippen molar-refractivity contribution in [2.24, 2.45) is 0 Å². The third-order valence-corrected chi connectivity index (χ3v) is 21.2. The van der Waals surface area contributed by atoms with Crippen LogP contribution >= 0.6 is 0 Å². The van der Waals surface area contributed by atoms with Gasteiger partial charge < -0.3 is 86.7 Å². The van der Waals surface area contributed by atoms with Gasteiger partial charge in [0, 0.05) is 36.4 Å². The van der Waals surface area contributed by atoms with Crippen molar-refractivity contribution in [1.82, 2.24) is 29.9 Å². The van der Waals surface area contributed by atoms with Crippen molar-refractivity contribution in [3.63, 3.8) is 0 Å². The molecule has 7 aromatic rings. The molecule has 0 aliphatic carbocycles. The lowest BCUT2D eigenvalue weighted by Crippen LogP contribution is -2.11. The number of hydrogen-bond acceptors (Lipinski definition) is 18. The summed E-state index contributed by atoms with van der Waals surface area (Å²) in [5.74, 6) is 0.791. The minimum absolute atomic E-state index is 0.0142. The molecule has 0 saturated heterocycles. The van der Waals surface area contributed by atoms with Crippen LogP contribution in [-0.4, -0.2) is 112 Å². The molecule has 660 valence electrons. The van der Waals surface area contributed by atoms with E-state index in [-0.39, 0.29) is 174 Å². The number of nitrogens with one attached hydrogen (secondary N) is 6. The normalized spacial score (nSPS) is 11.1. The topological polar surface area (TPSA) is 308 Å². The highest BCUT2D eigenvalue weighted by atomic mass is 16.5. The molecule has 120 heavy (non-hydrogen) atoms. The lowest BCUT2D eigenvalue weighted by molar-refractivity contribution is 0.304. The highest BCUT2D eigenvalue weighted by Crippen LogP contribution is 2.36. The Hall–Kier alpha value is -10.3. The first-order valence-electron chi connectivity index (χ1n) is 44.5. The predicted octanol–water partition coefficient (Wildman–Crippen LogP) is 22.3. The van der Waals surface area contributed by atoms with Crippen LogP contribution in [0.15, 0.2) is 102 Å². The molecule has 0 saturated carbocycles. The molecule has 6 N–H and O–H groups in total. The lowest BCUT2D eigenvalue weighted by atomic mass is 10.1. The molecule has 24 nitrogen and oxygen atoms in total. The monoisotopic (exact) mass is 1660 g/mol. The second-order valence-electron chi connectivity index (χ2n) is 30.7. The molecule has 0 spiro atoms. The number of unbranched alkanes of at least 4 members (excludes halogenated alkanes) is 30. The summed E-state index contributed by atoms with van der Waals surface area (Å²) in [4.78, 5) is 112. The van der Waals surface area contributed by atoms with Crippen LogP contribution < -0.4 is 90.2 Å². The van der Waals surface area contributed by atoms with Crippen molar-refractivity contribution in [3.8, 4) is 69.0 Å². The van der Waals surface area contributed by atoms with Gasteiger partial charge >= 0.3 is 0 Å². The Morgan fingerprint density at radius 3 is 0.433 bits per heavy atom. The molecule has 1 aromatic heterocycles. The van der Waals surface area contributed by atoms with Crippen LogP contribution in [0.1, 0.15) is 273 Å². The van der Waals surface area contributed by atoms with E-state index in [9.17, 15) is 0 Å². The van der Waals surface area contributed by atoms with Gasteiger partial charge in [0.25, 0.3) is 33.4 Å². The number of aromatic nitrogens is 6. The maximum Gasteiger partial charge on any atom is 0.259 e. The summed E-state index contributed by atoms with van der Waals surface area (Å²) in [5.41, 5.74) is -4.51. The van der Waals surface area contributed by atoms with E-state index >= 15 is 28.8 Å². The average Bonchev–Trinajstić information content (AvgIpc) is 0.785. The zero-order valence-electron chi connectivity index (χ0n) is 74.0. The number of fused-ring (bicyclic) bond motifs is 12. The number of aromatic amines is 6. The van der Waals surface area contributed by atoms with Crippen LogP contribution in [0.4, 0.5) is 0 Å². The maximum atomic E-state index is 15.6. The van der Waals surface area contributed by atoms with Crippen molar-refractivity contribution in [3.05, 3.63) is 135 Å². The SMILES string of the molecule is CCCCCCCCOc1cc2[nH]c(=O)c3cc(OCCCCCCCC)cc([nH]c(=O)c4cc(OCCCCCCCC)cc([nH]c(=O)c5cc(OCCCCCCCC)cc([nH]c(=O)c6cc(OCCCCCCCC)cc([nH]c(=O)c7cc(OCCCCCCCC)cc([nH]c(=O)c(c1)c2OC)c7OC)c6OC)c5OC)c4OC)c3OC. The van der Waals surface area contributed by atoms with Gasteiger partial charge in [-0.15, -0.1) is 0 Å². The largest absolute Gasteiger partial charge is 0.494 e. The summed E-state index contributed by atoms with van der Waals surface area (Å²) in [5, 5.41) is -0.541. The molecule has 0 unspecified atom stereocenters. The first-order chi connectivity index (χ1) is 58.5. The van der Waals surface area contributed by atoms with Gasteiger partial charge in [-0.2, -0.15) is 0 Å². The number of ether oxygens (including phenoxy) is 12. The Morgan fingerprint density at radius 1 is 0.183 bits per heavy atom. The number of hydrogen-bond donors (Lipinski definition) is 6. The van der Waals surface area contributed by atoms with Crippen LogP contribution in [0, 0.1) is 0 Å². The summed E-state index contributed by atoms with van der Waals surface area (Å²) in [6, 6.07) is 18.5. The molecule has 0 aliphatic rings. The molecule has 1 heterocycles. The van der Waals surface area contributed by atoms with Crippen LogP contribution in [0.3, 0.4) is 0 Å². The molecule has 0 fully saturated rings. The van der Waals surface area contributed by atoms with E-state index in [1.165, 1.54) is 79.1 Å². The fourth-order valence-electron chi connectivity index (χ4n) is 14.6. The van der Waals surface area contributed by atoms with E-state index < -0.39 is 33.4 Å². The minimum atomic E-state index is -0.765. The molecule has 0 atom stereocenters. The number of benzene rings is 6. The van der Waals surface area contributed by atoms with Crippen molar-refractivity contribution in [2.45, 2.75) is 273 Å². The van der Waals surface area contributed by atoms with Crippen molar-refractivity contribution >= 4 is 65.4 Å². The van der Waals surface area contributed by atoms with Crippen LogP contribution in [-0.2, 0) is 0 Å². The minimum Gasteiger partial charge on any atom is -0.494 e. The molecular weight excluding hydrogens is 1530 g/mol. The molecular formula is C96H138N6O18. The quantitative estimate of drug-likeness (QED) is 0.0193. The zero-order chi connectivity index (χ0) is 86.2. The van der Waals surface area contributed by atoms with Crippen molar-refractivity contribution < 1.29 is 56.8 Å². The second-order valence-corrected chi connectivity index (χ2v) is 30.7. The third-order valence-electron chi connectivity index (χ3n) is 21.2. The first-order valence-corrected chi connectivity index (χ1v) is 44.5. The molecule has 0 amide bonds. The van der Waals surface area contributed by atoms with Gasteiger partial charge in [-0.1, -0.05) is 234 Å². The first kappa shape index (κ1) is 96.9. The highest BCUT2D eigenvalue weighted by Gasteiger charge is 2.19. The Balaban J connectivity index is 1.75. The van der Waals surface area contributed by atoms with Gasteiger partial charge in [0.2, 0.25) is 0 Å². The summed E-state index contributed by atoms with van der Waals surface area (Å²) < 4.78 is 75.8. The van der Waals surface area contributed by atoms with E-state index in [1.54, 1.807) is 36.4 Å². The highest BCUT2D eigenvalue weighted by molar-refractivity contribution is 5.87. The standard InChI is InChI=1S/C96H138N6O18/c1-13-19-25-31-37-43-49-115-67-55-73-85(109-7)79(61-67)97-92(104)74-56-68(116-50-44-38-32-26-20-14-2)63-81(86(74)110-8)99-94(106)76-58-70(118-52-46-40-34-28-22-16-4)65-83(88(76)112-10)101-96(108)78-60-72(120-54-48-42-36-30-24-18-6)66-84(90(78)114-12)102-95(107)77-59-71(119-53-47-41-35-29-23-17-5)64-82(89(77)113-11)100-93(105)75-57-69(117-51-45-39-33-27-21-15-3)62-80(87(75)111-9)98-91(73)103/h55-66H,13-54H2,1-12H3,(H,97,104)(H,98,103)(H,99,106)(H,100,105)(H,101,108)(H,102,107). The van der Waals surface area contributed by atoms with Crippen LogP contribution in [0.25, 0.3) is 65.4 Å². The summed E-state index contributed by atoms with van der Waals surface area (Å²) >= 11 is 0. The van der Waals surface area contributed by atoms with Crippen LogP contribution in [0.2, 0.25) is 0 Å². The lowest BCUT2D eigenvalue weighted by Gasteiger charge is -2.12. The van der Waals surface area contributed by atoms with Gasteiger partial charge in [-0.25, -0.2) is 0 Å². The second kappa shape index (κ2) is 54.8. The van der Waals surface area contributed by atoms with Gasteiger partial charge in [0.1, 0.15) is 34.5 Å². The van der Waals surface area contributed by atoms with Gasteiger partial charge in [-0.05, 0) is 74.9 Å². The zero-order valence-corrected chi connectivity index (χ0v) is 74.0. The Bertz CT molecular complexity index is 4270. The number of rotatable bonds is 54. The Morgan fingerprint density at radius 2 is 0.308 bits per heavy atom. The summed E-state index contributed by atoms with van der Waals surface area (Å²) in [6.45, 7) is 14.6. The fraction of sp³-hybridized carbons (Fsp3) is 0.562. The van der Waals surface area contributed by atoms with E-state index in [0.717, 1.165) is 193 Å². The van der Waals surface area contributed by atoms with E-state index in [1.807, 2.05) is 0 Å². The van der Waals surface area contributed by atoms with Gasteiger partial charge in [0.15, 0.2) is 34.5 Å². The molecule has 7 rings (SSSR count). The smallest absolute Gasteiger partial charge is 0.259 e. The van der Waals surface area contributed by atoms with Crippen molar-refractivity contribution in [2.75, 3.05) is 82.3 Å². The number of methoxy groups -OCH3 is 6. The summed E-state index contributed by atoms with van der Waals surface area (Å²) in [7, 11) is 8.19. The van der Waals surface area contributed by atoms with Gasteiger partial charge in [0.05, 0.1) is 148 Å². The van der Waals surface area contributed by atoms with E-state index in [2.05, 4.69) is 71.4 Å². The Labute approximate surface area is 707 Å². The van der Waals surface area contributed by atoms with Crippen molar-refractivity contribution in [1.29, 1.82) is 0 Å². The molecule has 24 heteroatoms. The summed E-state index contributed by atoms with van der Waals surface area (Å²) in [6.07, 6.45) is 35.2. The maximum absolute atomic E-state index is 15.6. The number of H-pyrrole nitrogens is 6. The predicted molar refractivity (Wildman–Crippen MR) is 487 cm³/mol. The average molecular weight is 1660 g/mol. The fourth-order valence-corrected chi connectivity index (χ4v) is 14.6. The molecule has 0 aliphatic heterocycles. The molecule has 12 bridgehead atoms. The van der Waals surface area contributed by atoms with Crippen LogP contribution in [0.5, 0.6) is 69.0 Å². The van der Waals surface area contributed by atoms with Gasteiger partial charge in [-0.3, -0.25) is 28.8 Å². The third kappa shape index (κ3) is 30.8. The van der Waals surface area contributed by atoms with E-state index in [4.69, 9.17) is 56.8 Å². The Kier molecular flexibility index (Phi) is 44.3. The van der Waals surface area contributed by atoms with E-state index in [0.29, 0.717) is 38.5 Å².